The largest absolute Gasteiger partial charge is 0.395 e. The van der Waals surface area contributed by atoms with Gasteiger partial charge in [-0.05, 0) is 72.1 Å². The van der Waals surface area contributed by atoms with Crippen molar-refractivity contribution in [3.63, 3.8) is 0 Å². The Morgan fingerprint density at radius 2 is 1.34 bits per heavy atom. The lowest BCUT2D eigenvalue weighted by Crippen LogP contribution is -2.44. The molecular weight excluding hydrogens is 705 g/mol. The zero-order valence-electron chi connectivity index (χ0n) is 30.9. The number of amides is 3. The van der Waals surface area contributed by atoms with Crippen molar-refractivity contribution >= 4 is 47.2 Å². The molecule has 0 aliphatic carbocycles. The number of hydrogen-bond donors (Lipinski definition) is 2. The molecule has 6 aromatic rings. The first kappa shape index (κ1) is 37.6. The smallest absolute Gasteiger partial charge is 0.264 e. The van der Waals surface area contributed by atoms with Crippen LogP contribution in [0.3, 0.4) is 0 Å². The molecule has 1 aliphatic heterocycles. The molecule has 11 heteroatoms. The van der Waals surface area contributed by atoms with Gasteiger partial charge in [-0.2, -0.15) is 0 Å². The Morgan fingerprint density at radius 1 is 0.768 bits per heavy atom. The van der Waals surface area contributed by atoms with Crippen LogP contribution in [0.2, 0.25) is 0 Å². The van der Waals surface area contributed by atoms with Gasteiger partial charge < -0.3 is 15.1 Å². The predicted molar refractivity (Wildman–Crippen MR) is 216 cm³/mol. The third-order valence-corrected chi connectivity index (χ3v) is 10.3. The first-order valence-corrected chi connectivity index (χ1v) is 18.4. The molecular formula is C45H42N6O5. The molecule has 11 nitrogen and oxygen atoms in total. The van der Waals surface area contributed by atoms with E-state index in [1.54, 1.807) is 34.7 Å². The fraction of sp³-hybridized carbons (Fsp3) is 0.178. The minimum atomic E-state index is -1.95. The number of nitrogens with zero attached hydrogens (tertiary/aromatic N) is 6. The van der Waals surface area contributed by atoms with Crippen LogP contribution in [0.5, 0.6) is 0 Å². The minimum absolute atomic E-state index is 0.0960. The van der Waals surface area contributed by atoms with Gasteiger partial charge in [0.25, 0.3) is 5.91 Å². The van der Waals surface area contributed by atoms with Crippen molar-refractivity contribution in [2.24, 2.45) is 5.92 Å². The fourth-order valence-electron chi connectivity index (χ4n) is 7.19. The Kier molecular flexibility index (Phi) is 11.3. The van der Waals surface area contributed by atoms with Crippen LogP contribution in [0.25, 0.3) is 0 Å². The number of fused-ring (bicyclic) bond motifs is 1. The SMILES string of the molecule is C[C@H](/C=C/CCn1cc(C(CO)c2ccccc2)nn1)[C@@]1(O)C(=O)N(Cc2ccc(N(C=O)c3ccccc3)cc2)c2ccc(N(C=O)c3ccccc3)cc21. The molecule has 56 heavy (non-hydrogen) atoms. The number of aryl methyl sites for hydroxylation is 1. The molecule has 0 bridgehead atoms. The highest BCUT2D eigenvalue weighted by molar-refractivity contribution is 6.08. The van der Waals surface area contributed by atoms with E-state index in [1.165, 1.54) is 9.80 Å². The number of aromatic nitrogens is 3. The number of carbonyl (C=O) groups excluding carboxylic acids is 3. The second-order valence-corrected chi connectivity index (χ2v) is 13.7. The third kappa shape index (κ3) is 7.50. The Balaban J connectivity index is 1.13. The van der Waals surface area contributed by atoms with Crippen LogP contribution in [-0.4, -0.2) is 50.5 Å². The van der Waals surface area contributed by atoms with Gasteiger partial charge in [0.05, 0.1) is 30.5 Å². The number of carbonyl (C=O) groups is 3. The van der Waals surface area contributed by atoms with Crippen LogP contribution in [0, 0.1) is 5.92 Å². The molecule has 0 saturated heterocycles. The summed E-state index contributed by atoms with van der Waals surface area (Å²) in [6.45, 7) is 2.37. The highest BCUT2D eigenvalue weighted by Crippen LogP contribution is 2.47. The molecule has 1 unspecified atom stereocenters. The number of allylic oxidation sites excluding steroid dienone is 1. The van der Waals surface area contributed by atoms with E-state index in [9.17, 15) is 24.6 Å². The first-order chi connectivity index (χ1) is 27.3. The van der Waals surface area contributed by atoms with E-state index in [-0.39, 0.29) is 19.1 Å². The Hall–Kier alpha value is -6.69. The molecule has 0 saturated carbocycles. The van der Waals surface area contributed by atoms with Crippen molar-refractivity contribution in [1.82, 2.24) is 15.0 Å². The molecule has 3 amide bonds. The van der Waals surface area contributed by atoms with Gasteiger partial charge in [-0.3, -0.25) is 28.9 Å². The van der Waals surface area contributed by atoms with E-state index in [1.807, 2.05) is 134 Å². The van der Waals surface area contributed by atoms with Crippen LogP contribution in [0.4, 0.5) is 28.4 Å². The number of aliphatic hydroxyl groups is 2. The summed E-state index contributed by atoms with van der Waals surface area (Å²) in [5.74, 6) is -1.43. The van der Waals surface area contributed by atoms with Crippen LogP contribution in [-0.2, 0) is 33.1 Å². The molecule has 2 N–H and O–H groups in total. The van der Waals surface area contributed by atoms with Crippen LogP contribution >= 0.6 is 0 Å². The maximum absolute atomic E-state index is 14.5. The molecule has 5 aromatic carbocycles. The average molecular weight is 747 g/mol. The van der Waals surface area contributed by atoms with E-state index in [2.05, 4.69) is 10.3 Å². The van der Waals surface area contributed by atoms with Crippen LogP contribution in [0.1, 0.15) is 41.6 Å². The van der Waals surface area contributed by atoms with Crippen molar-refractivity contribution in [1.29, 1.82) is 0 Å². The molecule has 7 rings (SSSR count). The lowest BCUT2D eigenvalue weighted by atomic mass is 9.82. The molecule has 2 heterocycles. The van der Waals surface area contributed by atoms with E-state index in [0.29, 0.717) is 53.4 Å². The Labute approximate surface area is 325 Å². The number of anilines is 5. The van der Waals surface area contributed by atoms with Gasteiger partial charge in [0.15, 0.2) is 5.60 Å². The zero-order valence-corrected chi connectivity index (χ0v) is 30.9. The zero-order chi connectivity index (χ0) is 39.1. The van der Waals surface area contributed by atoms with Gasteiger partial charge >= 0.3 is 0 Å². The number of hydrogen-bond acceptors (Lipinski definition) is 7. The number of para-hydroxylation sites is 2. The Morgan fingerprint density at radius 3 is 1.95 bits per heavy atom. The van der Waals surface area contributed by atoms with E-state index < -0.39 is 17.4 Å². The van der Waals surface area contributed by atoms with Crippen molar-refractivity contribution in [3.8, 4) is 0 Å². The van der Waals surface area contributed by atoms with E-state index >= 15 is 0 Å². The summed E-state index contributed by atoms with van der Waals surface area (Å²) in [6.07, 6.45) is 7.59. The lowest BCUT2D eigenvalue weighted by molar-refractivity contribution is -0.139. The van der Waals surface area contributed by atoms with Crippen molar-refractivity contribution in [3.05, 3.63) is 174 Å². The average Bonchev–Trinajstić information content (AvgIpc) is 3.79. The molecule has 282 valence electrons. The molecule has 3 atom stereocenters. The molecule has 0 radical (unpaired) electrons. The molecule has 0 spiro atoms. The second kappa shape index (κ2) is 16.8. The van der Waals surface area contributed by atoms with Crippen molar-refractivity contribution < 1.29 is 24.6 Å². The third-order valence-electron chi connectivity index (χ3n) is 10.3. The normalized spacial score (nSPS) is 16.1. The summed E-state index contributed by atoms with van der Waals surface area (Å²) < 4.78 is 1.71. The second-order valence-electron chi connectivity index (χ2n) is 13.7. The van der Waals surface area contributed by atoms with Gasteiger partial charge in [0, 0.05) is 47.0 Å². The maximum Gasteiger partial charge on any atom is 0.264 e. The van der Waals surface area contributed by atoms with Gasteiger partial charge in [-0.1, -0.05) is 103 Å². The van der Waals surface area contributed by atoms with Gasteiger partial charge in [0.1, 0.15) is 0 Å². The molecule has 0 fully saturated rings. The predicted octanol–water partition coefficient (Wildman–Crippen LogP) is 7.01. The highest BCUT2D eigenvalue weighted by atomic mass is 16.3. The van der Waals surface area contributed by atoms with E-state index in [0.717, 1.165) is 23.2 Å². The molecule has 1 aromatic heterocycles. The quantitative estimate of drug-likeness (QED) is 0.0805. The summed E-state index contributed by atoms with van der Waals surface area (Å²) >= 11 is 0. The fourth-order valence-corrected chi connectivity index (χ4v) is 7.19. The van der Waals surface area contributed by atoms with Gasteiger partial charge in [-0.25, -0.2) is 0 Å². The number of benzene rings is 5. The standard InChI is InChI=1S/C45H42N6O5/c1-33(13-11-12-26-48-29-42(46-47-48)40(30-52)35-14-5-2-6-15-35)45(56)41-27-39(51(32-54)37-18-9-4-10-19-37)24-25-43(41)49(44(45)55)28-34-20-22-38(23-21-34)50(31-53)36-16-7-3-8-17-36/h2-11,13-25,27,29,31-33,40,52,56H,12,26,28,30H2,1H3/b13-11+/t33-,40?,45+/m1/s1. The van der Waals surface area contributed by atoms with Crippen LogP contribution in [0.15, 0.2) is 152 Å². The summed E-state index contributed by atoms with van der Waals surface area (Å²) in [5.41, 5.74) is 3.95. The topological polar surface area (TPSA) is 132 Å². The summed E-state index contributed by atoms with van der Waals surface area (Å²) in [6, 6.07) is 40.7. The van der Waals surface area contributed by atoms with Gasteiger partial charge in [0.2, 0.25) is 12.8 Å². The maximum atomic E-state index is 14.5. The minimum Gasteiger partial charge on any atom is -0.395 e. The lowest BCUT2D eigenvalue weighted by Gasteiger charge is -2.28. The van der Waals surface area contributed by atoms with Crippen molar-refractivity contribution in [2.45, 2.75) is 38.0 Å². The summed E-state index contributed by atoms with van der Waals surface area (Å²) in [4.78, 5) is 43.5. The monoisotopic (exact) mass is 746 g/mol. The molecule has 1 aliphatic rings. The van der Waals surface area contributed by atoms with Gasteiger partial charge in [-0.15, -0.1) is 5.10 Å². The number of aliphatic hydroxyl groups excluding tert-OH is 1. The number of rotatable bonds is 16. The van der Waals surface area contributed by atoms with E-state index in [4.69, 9.17) is 0 Å². The first-order valence-electron chi connectivity index (χ1n) is 18.4. The highest BCUT2D eigenvalue weighted by Gasteiger charge is 2.52. The summed E-state index contributed by atoms with van der Waals surface area (Å²) in [5, 5.41) is 31.2. The Bertz CT molecular complexity index is 2300. The van der Waals surface area contributed by atoms with Crippen molar-refractivity contribution in [2.75, 3.05) is 21.3 Å². The van der Waals surface area contributed by atoms with Crippen LogP contribution < -0.4 is 14.7 Å². The summed E-state index contributed by atoms with van der Waals surface area (Å²) in [7, 11) is 0.